The first-order chi connectivity index (χ1) is 11.7. The first-order valence-electron chi connectivity index (χ1n) is 7.48. The van der Waals surface area contributed by atoms with Gasteiger partial charge in [0, 0.05) is 10.4 Å². The molecule has 1 aromatic carbocycles. The Bertz CT molecular complexity index is 1060. The molecule has 0 amide bonds. The number of hydrogen-bond donors (Lipinski definition) is 1. The largest absolute Gasteiger partial charge is 0.509 e. The fraction of sp³-hybridized carbons (Fsp3) is 0.222. The molecular weight excluding hydrogens is 404 g/mol. The highest BCUT2D eigenvalue weighted by molar-refractivity contribution is 6.54. The van der Waals surface area contributed by atoms with Crippen molar-refractivity contribution < 1.29 is 9.90 Å². The standard InChI is InChI=1S/C18H11Cl4NO2/c1-6-3-7(2)14-8(4-6)9(19)5-10(23-14)11-15(24)12-13(20)16(21)18(12,22)17(11)25/h3-5,12,25H,1-2H3/t12-,18-/m1/s1. The Labute approximate surface area is 163 Å². The van der Waals surface area contributed by atoms with Crippen molar-refractivity contribution in [3.63, 3.8) is 0 Å². The molecule has 0 radical (unpaired) electrons. The van der Waals surface area contributed by atoms with Crippen LogP contribution in [0.15, 0.2) is 34.0 Å². The van der Waals surface area contributed by atoms with Crippen molar-refractivity contribution >= 4 is 68.7 Å². The SMILES string of the molecule is Cc1cc(C)c2nc(C3=C(O)[C@]4(Cl)C(Cl)=C(Cl)[C@@H]4C3=O)cc(Cl)c2c1. The summed E-state index contributed by atoms with van der Waals surface area (Å²) in [4.78, 5) is 15.8. The number of aliphatic hydroxyl groups is 1. The maximum absolute atomic E-state index is 12.8. The molecule has 2 atom stereocenters. The van der Waals surface area contributed by atoms with Gasteiger partial charge >= 0.3 is 0 Å². The number of benzene rings is 1. The van der Waals surface area contributed by atoms with E-state index in [1.54, 1.807) is 6.07 Å². The van der Waals surface area contributed by atoms with Crippen molar-refractivity contribution in [3.8, 4) is 0 Å². The highest BCUT2D eigenvalue weighted by Gasteiger charge is 2.65. The van der Waals surface area contributed by atoms with Gasteiger partial charge in [-0.25, -0.2) is 4.98 Å². The van der Waals surface area contributed by atoms with Gasteiger partial charge in [0.05, 0.1) is 32.8 Å². The second-order valence-corrected chi connectivity index (χ2v) is 8.15. The summed E-state index contributed by atoms with van der Waals surface area (Å²) in [5.74, 6) is -1.62. The third-order valence-corrected chi connectivity index (χ3v) is 6.73. The first-order valence-corrected chi connectivity index (χ1v) is 8.99. The lowest BCUT2D eigenvalue weighted by atomic mass is 9.81. The number of ketones is 1. The van der Waals surface area contributed by atoms with Crippen LogP contribution in [0.4, 0.5) is 0 Å². The summed E-state index contributed by atoms with van der Waals surface area (Å²) in [7, 11) is 0. The third-order valence-electron chi connectivity index (χ3n) is 4.72. The Hall–Kier alpha value is -1.26. The van der Waals surface area contributed by atoms with Gasteiger partial charge in [-0.15, -0.1) is 11.6 Å². The summed E-state index contributed by atoms with van der Waals surface area (Å²) in [6.45, 7) is 3.88. The van der Waals surface area contributed by atoms with E-state index < -0.39 is 16.6 Å². The molecule has 4 rings (SSSR count). The predicted octanol–water partition coefficient (Wildman–Crippen LogP) is 5.65. The molecule has 2 aliphatic rings. The fourth-order valence-corrected chi connectivity index (χ4v) is 5.00. The number of halogens is 4. The normalized spacial score (nSPS) is 25.7. The molecule has 0 unspecified atom stereocenters. The fourth-order valence-electron chi connectivity index (χ4n) is 3.52. The first kappa shape index (κ1) is 17.2. The highest BCUT2D eigenvalue weighted by atomic mass is 35.5. The molecule has 0 saturated heterocycles. The number of aliphatic hydroxyl groups excluding tert-OH is 1. The van der Waals surface area contributed by atoms with E-state index in [9.17, 15) is 9.90 Å². The lowest BCUT2D eigenvalue weighted by Gasteiger charge is -2.37. The van der Waals surface area contributed by atoms with Crippen LogP contribution < -0.4 is 0 Å². The van der Waals surface area contributed by atoms with Crippen molar-refractivity contribution in [2.24, 2.45) is 5.92 Å². The molecule has 25 heavy (non-hydrogen) atoms. The molecule has 0 aliphatic heterocycles. The van der Waals surface area contributed by atoms with Crippen LogP contribution in [0.5, 0.6) is 0 Å². The third kappa shape index (κ3) is 2.07. The highest BCUT2D eigenvalue weighted by Crippen LogP contribution is 2.62. The summed E-state index contributed by atoms with van der Waals surface area (Å²) >= 11 is 24.9. The van der Waals surface area contributed by atoms with E-state index in [2.05, 4.69) is 4.98 Å². The molecule has 2 aliphatic carbocycles. The van der Waals surface area contributed by atoms with Crippen molar-refractivity contribution in [1.29, 1.82) is 0 Å². The van der Waals surface area contributed by atoms with Crippen LogP contribution in [-0.2, 0) is 4.79 Å². The Morgan fingerprint density at radius 3 is 2.48 bits per heavy atom. The van der Waals surface area contributed by atoms with Crippen molar-refractivity contribution in [2.45, 2.75) is 18.7 Å². The summed E-state index contributed by atoms with van der Waals surface area (Å²) in [6.07, 6.45) is 0. The van der Waals surface area contributed by atoms with Gasteiger partial charge in [-0.1, -0.05) is 46.4 Å². The van der Waals surface area contributed by atoms with E-state index in [1.165, 1.54) is 0 Å². The van der Waals surface area contributed by atoms with Gasteiger partial charge < -0.3 is 5.11 Å². The number of nitrogens with zero attached hydrogens (tertiary/aromatic N) is 1. The molecule has 1 aromatic heterocycles. The molecule has 1 heterocycles. The molecule has 1 N–H and O–H groups in total. The zero-order chi connectivity index (χ0) is 18.3. The van der Waals surface area contributed by atoms with Crippen LogP contribution in [0.3, 0.4) is 0 Å². The van der Waals surface area contributed by atoms with Crippen LogP contribution in [0.25, 0.3) is 16.5 Å². The Balaban J connectivity index is 1.97. The van der Waals surface area contributed by atoms with Gasteiger partial charge in [0.2, 0.25) is 0 Å². The summed E-state index contributed by atoms with van der Waals surface area (Å²) in [6, 6.07) is 5.45. The van der Waals surface area contributed by atoms with Gasteiger partial charge in [-0.2, -0.15) is 0 Å². The number of allylic oxidation sites excluding steroid dienone is 3. The summed E-state index contributed by atoms with van der Waals surface area (Å²) in [5.41, 5.74) is 2.91. The topological polar surface area (TPSA) is 50.2 Å². The average molecular weight is 415 g/mol. The Morgan fingerprint density at radius 1 is 1.16 bits per heavy atom. The van der Waals surface area contributed by atoms with Crippen LogP contribution in [0.2, 0.25) is 5.02 Å². The van der Waals surface area contributed by atoms with E-state index in [1.807, 2.05) is 26.0 Å². The van der Waals surface area contributed by atoms with E-state index in [0.717, 1.165) is 16.5 Å². The number of hydrogen-bond acceptors (Lipinski definition) is 3. The van der Waals surface area contributed by atoms with E-state index in [4.69, 9.17) is 46.4 Å². The zero-order valence-corrected chi connectivity index (χ0v) is 16.1. The number of rotatable bonds is 1. The molecule has 7 heteroatoms. The molecule has 0 fully saturated rings. The average Bonchev–Trinajstić information content (AvgIpc) is 2.73. The molecular formula is C18H11Cl4NO2. The molecule has 0 spiro atoms. The number of aromatic nitrogens is 1. The van der Waals surface area contributed by atoms with Gasteiger partial charge in [-0.05, 0) is 31.5 Å². The Kier molecular flexibility index (Phi) is 3.69. The van der Waals surface area contributed by atoms with Gasteiger partial charge in [0.25, 0.3) is 0 Å². The van der Waals surface area contributed by atoms with Crippen LogP contribution in [0.1, 0.15) is 16.8 Å². The maximum atomic E-state index is 12.8. The second kappa shape index (κ2) is 5.37. The van der Waals surface area contributed by atoms with Gasteiger partial charge in [-0.3, -0.25) is 4.79 Å². The minimum Gasteiger partial charge on any atom is -0.509 e. The molecule has 0 saturated carbocycles. The van der Waals surface area contributed by atoms with Crippen molar-refractivity contribution in [1.82, 2.24) is 4.98 Å². The van der Waals surface area contributed by atoms with E-state index >= 15 is 0 Å². The van der Waals surface area contributed by atoms with E-state index in [0.29, 0.717) is 10.5 Å². The number of pyridine rings is 1. The Morgan fingerprint density at radius 2 is 1.84 bits per heavy atom. The smallest absolute Gasteiger partial charge is 0.179 e. The molecule has 3 nitrogen and oxygen atoms in total. The zero-order valence-electron chi connectivity index (χ0n) is 13.1. The maximum Gasteiger partial charge on any atom is 0.179 e. The summed E-state index contributed by atoms with van der Waals surface area (Å²) < 4.78 is 0. The molecule has 2 aromatic rings. The number of alkyl halides is 1. The lowest BCUT2D eigenvalue weighted by Crippen LogP contribution is -2.43. The van der Waals surface area contributed by atoms with Crippen LogP contribution in [0, 0.1) is 19.8 Å². The lowest BCUT2D eigenvalue weighted by molar-refractivity contribution is -0.116. The minimum absolute atomic E-state index is 0.0116. The van der Waals surface area contributed by atoms with Gasteiger partial charge in [0.1, 0.15) is 5.76 Å². The van der Waals surface area contributed by atoms with Crippen molar-refractivity contribution in [2.75, 3.05) is 0 Å². The number of aryl methyl sites for hydroxylation is 2. The number of carbonyl (C=O) groups excluding carboxylic acids is 1. The minimum atomic E-state index is -1.49. The summed E-state index contributed by atoms with van der Waals surface area (Å²) in [5, 5.41) is 12.0. The molecule has 128 valence electrons. The second-order valence-electron chi connectivity index (χ2n) is 6.36. The van der Waals surface area contributed by atoms with Gasteiger partial charge in [0.15, 0.2) is 10.7 Å². The monoisotopic (exact) mass is 413 g/mol. The quantitative estimate of drug-likeness (QED) is 0.613. The molecule has 0 bridgehead atoms. The van der Waals surface area contributed by atoms with Crippen molar-refractivity contribution in [3.05, 3.63) is 55.9 Å². The predicted molar refractivity (Wildman–Crippen MR) is 102 cm³/mol. The number of Topliss-reactive ketones (excluding diaryl/α,β-unsaturated/α-hetero) is 1. The van der Waals surface area contributed by atoms with E-state index in [-0.39, 0.29) is 27.1 Å². The number of carbonyl (C=O) groups is 1. The number of fused-ring (bicyclic) bond motifs is 2. The van der Waals surface area contributed by atoms with Crippen LogP contribution >= 0.6 is 46.4 Å². The van der Waals surface area contributed by atoms with Crippen LogP contribution in [-0.4, -0.2) is 20.7 Å².